The molecule has 0 radical (unpaired) electrons. The number of nitrogens with one attached hydrogen (secondary N) is 1. The summed E-state index contributed by atoms with van der Waals surface area (Å²) in [4.78, 5) is 24.0. The van der Waals surface area contributed by atoms with Crippen LogP contribution in [0.4, 0.5) is 4.79 Å². The molecule has 2 aromatic carbocycles. The lowest BCUT2D eigenvalue weighted by Gasteiger charge is -2.27. The monoisotopic (exact) mass is 448 g/mol. The Kier molecular flexibility index (Phi) is 9.91. The number of unbranched alkanes of at least 4 members (excludes halogenated alkanes) is 3. The standard InChI is InChI=1S/C22H29N2O6P/c1-2-3-4-11-16-28-22(26)24-21(17-20(23)25)31(27,29-18-12-7-5-8-13-18)30-19-14-9-6-10-15-19/h5-10,12-15,21H,2-4,11,16-17H2,1H3,(H2,23,25)(H,24,26)/t21-/m0/s1. The summed E-state index contributed by atoms with van der Waals surface area (Å²) in [5.41, 5.74) is 5.34. The van der Waals surface area contributed by atoms with Crippen LogP contribution in [0.3, 0.4) is 0 Å². The highest BCUT2D eigenvalue weighted by molar-refractivity contribution is 7.55. The fraction of sp³-hybridized carbons (Fsp3) is 0.364. The molecular weight excluding hydrogens is 419 g/mol. The van der Waals surface area contributed by atoms with E-state index in [0.717, 1.165) is 19.3 Å². The number of primary amides is 1. The highest BCUT2D eigenvalue weighted by atomic mass is 31.2. The second-order valence-electron chi connectivity index (χ2n) is 6.88. The molecule has 0 fully saturated rings. The molecule has 0 saturated heterocycles. The van der Waals surface area contributed by atoms with E-state index in [-0.39, 0.29) is 18.1 Å². The summed E-state index contributed by atoms with van der Waals surface area (Å²) in [5.74, 6) is -1.60. The molecule has 0 heterocycles. The lowest BCUT2D eigenvalue weighted by molar-refractivity contribution is -0.118. The van der Waals surface area contributed by atoms with Crippen LogP contribution in [0.5, 0.6) is 11.5 Å². The number of carbonyl (C=O) groups is 2. The molecule has 2 rings (SSSR count). The zero-order valence-electron chi connectivity index (χ0n) is 17.6. The number of hydrogen-bond donors (Lipinski definition) is 2. The Hall–Kier alpha value is -2.99. The minimum Gasteiger partial charge on any atom is -0.450 e. The molecule has 168 valence electrons. The van der Waals surface area contributed by atoms with Crippen LogP contribution in [0.25, 0.3) is 0 Å². The quantitative estimate of drug-likeness (QED) is 0.334. The summed E-state index contributed by atoms with van der Waals surface area (Å²) >= 11 is 0. The number of para-hydroxylation sites is 2. The molecule has 3 N–H and O–H groups in total. The Balaban J connectivity index is 2.20. The zero-order chi connectivity index (χ0) is 22.5. The van der Waals surface area contributed by atoms with E-state index in [1.165, 1.54) is 0 Å². The second-order valence-corrected chi connectivity index (χ2v) is 8.94. The fourth-order valence-electron chi connectivity index (χ4n) is 2.71. The highest BCUT2D eigenvalue weighted by Crippen LogP contribution is 2.53. The second kappa shape index (κ2) is 12.6. The van der Waals surface area contributed by atoms with Crippen LogP contribution >= 0.6 is 7.60 Å². The van der Waals surface area contributed by atoms with Crippen molar-refractivity contribution < 1.29 is 27.9 Å². The first-order valence-electron chi connectivity index (χ1n) is 10.2. The number of nitrogens with two attached hydrogens (primary N) is 1. The van der Waals surface area contributed by atoms with Gasteiger partial charge >= 0.3 is 13.7 Å². The van der Waals surface area contributed by atoms with Crippen LogP contribution in [0, 0.1) is 0 Å². The van der Waals surface area contributed by atoms with Gasteiger partial charge in [0.2, 0.25) is 5.91 Å². The van der Waals surface area contributed by atoms with Crippen LogP contribution in [0.1, 0.15) is 39.0 Å². The molecule has 0 aromatic heterocycles. The van der Waals surface area contributed by atoms with Gasteiger partial charge in [-0.2, -0.15) is 0 Å². The summed E-state index contributed by atoms with van der Waals surface area (Å²) in [7, 11) is -4.14. The van der Waals surface area contributed by atoms with Crippen LogP contribution in [0.15, 0.2) is 60.7 Å². The summed E-state index contributed by atoms with van der Waals surface area (Å²) in [6.45, 7) is 2.29. The van der Waals surface area contributed by atoms with Gasteiger partial charge in [0, 0.05) is 0 Å². The van der Waals surface area contributed by atoms with Crippen LogP contribution < -0.4 is 20.1 Å². The third-order valence-electron chi connectivity index (χ3n) is 4.24. The molecule has 0 unspecified atom stereocenters. The van der Waals surface area contributed by atoms with Crippen LogP contribution in [-0.4, -0.2) is 24.4 Å². The number of ether oxygens (including phenoxy) is 1. The van der Waals surface area contributed by atoms with E-state index >= 15 is 0 Å². The van der Waals surface area contributed by atoms with Gasteiger partial charge in [-0.25, -0.2) is 9.36 Å². The van der Waals surface area contributed by atoms with Gasteiger partial charge < -0.3 is 24.8 Å². The van der Waals surface area contributed by atoms with Crippen LogP contribution in [-0.2, 0) is 14.1 Å². The molecule has 31 heavy (non-hydrogen) atoms. The number of benzene rings is 2. The van der Waals surface area contributed by atoms with Gasteiger partial charge in [0.25, 0.3) is 0 Å². The van der Waals surface area contributed by atoms with Gasteiger partial charge in [0.05, 0.1) is 13.0 Å². The van der Waals surface area contributed by atoms with Crippen molar-refractivity contribution >= 4 is 19.6 Å². The Morgan fingerprint density at radius 3 is 1.97 bits per heavy atom. The van der Waals surface area contributed by atoms with E-state index in [9.17, 15) is 14.2 Å². The minimum atomic E-state index is -4.14. The first-order valence-corrected chi connectivity index (χ1v) is 11.8. The summed E-state index contributed by atoms with van der Waals surface area (Å²) < 4.78 is 30.3. The molecular formula is C22H29N2O6P. The maximum absolute atomic E-state index is 13.8. The van der Waals surface area contributed by atoms with E-state index in [1.807, 2.05) is 0 Å². The minimum absolute atomic E-state index is 0.207. The number of carbonyl (C=O) groups excluding carboxylic acids is 2. The Morgan fingerprint density at radius 1 is 0.935 bits per heavy atom. The van der Waals surface area contributed by atoms with Crippen molar-refractivity contribution in [1.29, 1.82) is 0 Å². The van der Waals surface area contributed by atoms with E-state index in [1.54, 1.807) is 60.7 Å². The van der Waals surface area contributed by atoms with Gasteiger partial charge in [-0.3, -0.25) is 4.79 Å². The molecule has 0 aliphatic rings. The maximum Gasteiger partial charge on any atom is 0.453 e. The largest absolute Gasteiger partial charge is 0.453 e. The van der Waals surface area contributed by atoms with Gasteiger partial charge in [-0.05, 0) is 30.7 Å². The molecule has 0 aliphatic heterocycles. The van der Waals surface area contributed by atoms with E-state index in [0.29, 0.717) is 6.42 Å². The predicted octanol–water partition coefficient (Wildman–Crippen LogP) is 4.85. The summed E-state index contributed by atoms with van der Waals surface area (Å²) in [6.07, 6.45) is 2.46. The van der Waals surface area contributed by atoms with Crippen molar-refractivity contribution in [3.8, 4) is 11.5 Å². The lowest BCUT2D eigenvalue weighted by atomic mass is 10.2. The van der Waals surface area contributed by atoms with Crippen LogP contribution in [0.2, 0.25) is 0 Å². The van der Waals surface area contributed by atoms with Crippen molar-refractivity contribution in [1.82, 2.24) is 5.32 Å². The van der Waals surface area contributed by atoms with Crippen molar-refractivity contribution in [2.45, 2.75) is 44.8 Å². The molecule has 2 amide bonds. The Labute approximate surface area is 182 Å². The SMILES string of the molecule is CCCCCCOC(=O)N[C@H](CC(N)=O)P(=O)(Oc1ccccc1)Oc1ccccc1. The predicted molar refractivity (Wildman–Crippen MR) is 118 cm³/mol. The molecule has 1 atom stereocenters. The Morgan fingerprint density at radius 2 is 1.48 bits per heavy atom. The molecule has 9 heteroatoms. The first-order chi connectivity index (χ1) is 14.9. The highest BCUT2D eigenvalue weighted by Gasteiger charge is 2.42. The fourth-order valence-corrected chi connectivity index (χ4v) is 4.50. The third-order valence-corrected chi connectivity index (χ3v) is 6.25. The number of alkyl carbamates (subject to hydrolysis) is 1. The molecule has 8 nitrogen and oxygen atoms in total. The number of rotatable bonds is 13. The first kappa shape index (κ1) is 24.3. The zero-order valence-corrected chi connectivity index (χ0v) is 18.5. The average molecular weight is 448 g/mol. The van der Waals surface area contributed by atoms with Crippen molar-refractivity contribution in [3.63, 3.8) is 0 Å². The molecule has 0 saturated carbocycles. The van der Waals surface area contributed by atoms with Gasteiger partial charge in [0.15, 0.2) is 5.78 Å². The molecule has 0 spiro atoms. The third kappa shape index (κ3) is 8.72. The van der Waals surface area contributed by atoms with E-state index < -0.39 is 31.8 Å². The maximum atomic E-state index is 13.8. The van der Waals surface area contributed by atoms with Crippen molar-refractivity contribution in [2.24, 2.45) is 5.73 Å². The molecule has 0 aliphatic carbocycles. The van der Waals surface area contributed by atoms with Crippen molar-refractivity contribution in [2.75, 3.05) is 6.61 Å². The summed E-state index contributed by atoms with van der Waals surface area (Å²) in [6, 6.07) is 16.7. The van der Waals surface area contributed by atoms with Gasteiger partial charge in [0.1, 0.15) is 11.5 Å². The lowest BCUT2D eigenvalue weighted by Crippen LogP contribution is -2.40. The number of hydrogen-bond acceptors (Lipinski definition) is 6. The van der Waals surface area contributed by atoms with Gasteiger partial charge in [-0.1, -0.05) is 62.6 Å². The average Bonchev–Trinajstić information content (AvgIpc) is 2.74. The van der Waals surface area contributed by atoms with Crippen molar-refractivity contribution in [3.05, 3.63) is 60.7 Å². The van der Waals surface area contributed by atoms with Gasteiger partial charge in [-0.15, -0.1) is 0 Å². The van der Waals surface area contributed by atoms with E-state index in [4.69, 9.17) is 19.5 Å². The Bertz CT molecular complexity index is 817. The molecule has 2 aromatic rings. The van der Waals surface area contributed by atoms with E-state index in [2.05, 4.69) is 12.2 Å². The molecule has 0 bridgehead atoms. The normalized spacial score (nSPS) is 11.9. The number of amides is 2. The summed E-state index contributed by atoms with van der Waals surface area (Å²) in [5, 5.41) is 2.45. The smallest absolute Gasteiger partial charge is 0.450 e. The topological polar surface area (TPSA) is 117 Å².